The van der Waals surface area contributed by atoms with Crippen molar-refractivity contribution in [1.29, 1.82) is 0 Å². The molecule has 2 atom stereocenters. The maximum atomic E-state index is 12.1. The van der Waals surface area contributed by atoms with Gasteiger partial charge in [0.15, 0.2) is 0 Å². The second-order valence-corrected chi connectivity index (χ2v) is 6.99. The zero-order valence-corrected chi connectivity index (χ0v) is 10.1. The molecular weight excluding hydrogens is 192 g/mol. The van der Waals surface area contributed by atoms with E-state index in [0.717, 1.165) is 5.56 Å². The Labute approximate surface area is 89.0 Å². The third-order valence-electron chi connectivity index (χ3n) is 2.19. The van der Waals surface area contributed by atoms with Gasteiger partial charge in [-0.1, -0.05) is 30.3 Å². The monoisotopic (exact) mass is 210 g/mol. The number of benzene rings is 1. The predicted molar refractivity (Wildman–Crippen MR) is 62.8 cm³/mol. The van der Waals surface area contributed by atoms with E-state index in [9.17, 15) is 4.21 Å². The molecule has 0 aliphatic carbocycles. The maximum absolute atomic E-state index is 12.1. The van der Waals surface area contributed by atoms with Gasteiger partial charge in [0.25, 0.3) is 0 Å². The van der Waals surface area contributed by atoms with E-state index in [4.69, 9.17) is 0 Å². The van der Waals surface area contributed by atoms with Crippen LogP contribution in [0.25, 0.3) is 0 Å². The second-order valence-electron chi connectivity index (χ2n) is 4.46. The van der Waals surface area contributed by atoms with Crippen molar-refractivity contribution in [2.24, 2.45) is 0 Å². The first-order valence-electron chi connectivity index (χ1n) is 4.88. The van der Waals surface area contributed by atoms with Crippen molar-refractivity contribution in [3.8, 4) is 0 Å². The van der Waals surface area contributed by atoms with Crippen LogP contribution in [-0.4, -0.2) is 8.96 Å². The Balaban J connectivity index is 2.87. The number of rotatable bonds is 2. The quantitative estimate of drug-likeness (QED) is 0.732. The summed E-state index contributed by atoms with van der Waals surface area (Å²) in [5.74, 6) is 0. The van der Waals surface area contributed by atoms with Crippen molar-refractivity contribution in [3.05, 3.63) is 35.9 Å². The molecule has 0 saturated carbocycles. The zero-order chi connectivity index (χ0) is 10.8. The van der Waals surface area contributed by atoms with Crippen LogP contribution in [0.5, 0.6) is 0 Å². The van der Waals surface area contributed by atoms with E-state index >= 15 is 0 Å². The van der Waals surface area contributed by atoms with Crippen LogP contribution in [0.4, 0.5) is 0 Å². The van der Waals surface area contributed by atoms with Crippen LogP contribution in [0.15, 0.2) is 30.3 Å². The van der Waals surface area contributed by atoms with E-state index in [1.54, 1.807) is 0 Å². The van der Waals surface area contributed by atoms with Crippen molar-refractivity contribution in [2.45, 2.75) is 37.7 Å². The van der Waals surface area contributed by atoms with Crippen LogP contribution < -0.4 is 0 Å². The van der Waals surface area contributed by atoms with Crippen LogP contribution in [-0.2, 0) is 10.8 Å². The Morgan fingerprint density at radius 1 is 1.14 bits per heavy atom. The third-order valence-corrected chi connectivity index (χ3v) is 4.32. The first-order chi connectivity index (χ1) is 6.43. The number of hydrogen-bond donors (Lipinski definition) is 0. The van der Waals surface area contributed by atoms with Crippen molar-refractivity contribution in [3.63, 3.8) is 0 Å². The van der Waals surface area contributed by atoms with Crippen molar-refractivity contribution >= 4 is 10.8 Å². The highest BCUT2D eigenvalue weighted by atomic mass is 32.2. The van der Waals surface area contributed by atoms with Crippen LogP contribution in [0.1, 0.15) is 38.5 Å². The summed E-state index contributed by atoms with van der Waals surface area (Å²) in [5.41, 5.74) is 1.15. The summed E-state index contributed by atoms with van der Waals surface area (Å²) in [6, 6.07) is 10.0. The lowest BCUT2D eigenvalue weighted by Crippen LogP contribution is -2.25. The van der Waals surface area contributed by atoms with Gasteiger partial charge in [-0.25, -0.2) is 0 Å². The highest BCUT2D eigenvalue weighted by molar-refractivity contribution is 7.86. The Hall–Kier alpha value is -0.630. The highest BCUT2D eigenvalue weighted by Crippen LogP contribution is 2.27. The van der Waals surface area contributed by atoms with Gasteiger partial charge in [-0.2, -0.15) is 0 Å². The smallest absolute Gasteiger partial charge is 0.0574 e. The summed E-state index contributed by atoms with van der Waals surface area (Å²) in [6.45, 7) is 8.07. The topological polar surface area (TPSA) is 17.1 Å². The van der Waals surface area contributed by atoms with Crippen LogP contribution >= 0.6 is 0 Å². The molecule has 0 N–H and O–H groups in total. The third kappa shape index (κ3) is 2.68. The van der Waals surface area contributed by atoms with Crippen molar-refractivity contribution in [1.82, 2.24) is 0 Å². The normalized spacial score (nSPS) is 16.3. The molecule has 1 rings (SSSR count). The molecule has 0 spiro atoms. The Morgan fingerprint density at radius 2 is 1.64 bits per heavy atom. The van der Waals surface area contributed by atoms with Crippen LogP contribution in [0, 0.1) is 0 Å². The van der Waals surface area contributed by atoms with Gasteiger partial charge in [0.1, 0.15) is 0 Å². The molecule has 0 aliphatic heterocycles. The molecular formula is C12H18OS. The molecule has 1 aromatic rings. The summed E-state index contributed by atoms with van der Waals surface area (Å²) >= 11 is 0. The SMILES string of the molecule is C[C@@H](c1ccccc1)[S@](=O)C(C)(C)C. The van der Waals surface area contributed by atoms with Crippen molar-refractivity contribution < 1.29 is 4.21 Å². The summed E-state index contributed by atoms with van der Waals surface area (Å²) in [6.07, 6.45) is 0. The van der Waals surface area contributed by atoms with Gasteiger partial charge in [0, 0.05) is 15.5 Å². The number of hydrogen-bond acceptors (Lipinski definition) is 1. The largest absolute Gasteiger partial charge is 0.258 e. The van der Waals surface area contributed by atoms with E-state index in [2.05, 4.69) is 0 Å². The summed E-state index contributed by atoms with van der Waals surface area (Å²) < 4.78 is 11.9. The molecule has 0 saturated heterocycles. The molecule has 1 aromatic carbocycles. The fourth-order valence-electron chi connectivity index (χ4n) is 1.38. The van der Waals surface area contributed by atoms with Gasteiger partial charge in [0.2, 0.25) is 0 Å². The molecule has 0 heterocycles. The Bertz CT molecular complexity index is 311. The van der Waals surface area contributed by atoms with Crippen LogP contribution in [0.3, 0.4) is 0 Å². The molecule has 0 aromatic heterocycles. The lowest BCUT2D eigenvalue weighted by atomic mass is 10.2. The minimum absolute atomic E-state index is 0.108. The minimum atomic E-state index is -0.833. The molecule has 1 nitrogen and oxygen atoms in total. The maximum Gasteiger partial charge on any atom is 0.0574 e. The fourth-order valence-corrected chi connectivity index (χ4v) is 2.84. The Kier molecular flexibility index (Phi) is 3.48. The standard InChI is InChI=1S/C12H18OS/c1-10(14(13)12(2,3)4)11-8-6-5-7-9-11/h5-10H,1-4H3/t10-,14-/m0/s1. The molecule has 14 heavy (non-hydrogen) atoms. The van der Waals surface area contributed by atoms with Gasteiger partial charge in [0.05, 0.1) is 5.25 Å². The molecule has 78 valence electrons. The highest BCUT2D eigenvalue weighted by Gasteiger charge is 2.25. The summed E-state index contributed by atoms with van der Waals surface area (Å²) in [4.78, 5) is 0. The van der Waals surface area contributed by atoms with E-state index in [1.807, 2.05) is 58.0 Å². The lowest BCUT2D eigenvalue weighted by Gasteiger charge is -2.23. The predicted octanol–water partition coefficient (Wildman–Crippen LogP) is 3.29. The summed E-state index contributed by atoms with van der Waals surface area (Å²) in [7, 11) is -0.833. The first kappa shape index (κ1) is 11.4. The molecule has 0 unspecified atom stereocenters. The van der Waals surface area contributed by atoms with Gasteiger partial charge < -0.3 is 0 Å². The van der Waals surface area contributed by atoms with E-state index in [1.165, 1.54) is 0 Å². The second kappa shape index (κ2) is 4.26. The lowest BCUT2D eigenvalue weighted by molar-refractivity contribution is 0.640. The molecule has 0 fully saturated rings. The molecule has 2 heteroatoms. The van der Waals surface area contributed by atoms with Crippen LogP contribution in [0.2, 0.25) is 0 Å². The molecule has 0 aliphatic rings. The average Bonchev–Trinajstić information content (AvgIpc) is 2.15. The Morgan fingerprint density at radius 3 is 2.07 bits per heavy atom. The molecule has 0 radical (unpaired) electrons. The minimum Gasteiger partial charge on any atom is -0.258 e. The van der Waals surface area contributed by atoms with Crippen molar-refractivity contribution in [2.75, 3.05) is 0 Å². The summed E-state index contributed by atoms with van der Waals surface area (Å²) in [5, 5.41) is 0.108. The first-order valence-corrected chi connectivity index (χ1v) is 6.10. The van der Waals surface area contributed by atoms with E-state index in [-0.39, 0.29) is 10.00 Å². The van der Waals surface area contributed by atoms with Gasteiger partial charge in [-0.3, -0.25) is 4.21 Å². The van der Waals surface area contributed by atoms with E-state index in [0.29, 0.717) is 0 Å². The average molecular weight is 210 g/mol. The molecule has 0 bridgehead atoms. The van der Waals surface area contributed by atoms with Gasteiger partial charge >= 0.3 is 0 Å². The van der Waals surface area contributed by atoms with Gasteiger partial charge in [-0.05, 0) is 33.3 Å². The zero-order valence-electron chi connectivity index (χ0n) is 9.28. The van der Waals surface area contributed by atoms with Gasteiger partial charge in [-0.15, -0.1) is 0 Å². The fraction of sp³-hybridized carbons (Fsp3) is 0.500. The van der Waals surface area contributed by atoms with E-state index < -0.39 is 10.8 Å². The molecule has 0 amide bonds.